The summed E-state index contributed by atoms with van der Waals surface area (Å²) in [7, 11) is 0. The van der Waals surface area contributed by atoms with E-state index in [2.05, 4.69) is 23.4 Å². The minimum atomic E-state index is -0.786. The fourth-order valence-electron chi connectivity index (χ4n) is 2.10. The van der Waals surface area contributed by atoms with Crippen molar-refractivity contribution in [3.05, 3.63) is 18.2 Å². The van der Waals surface area contributed by atoms with Crippen LogP contribution in [0.1, 0.15) is 45.9 Å². The summed E-state index contributed by atoms with van der Waals surface area (Å²) < 4.78 is 2.07. The third kappa shape index (κ3) is 1.59. The van der Waals surface area contributed by atoms with E-state index in [1.807, 2.05) is 13.1 Å². The SMILES string of the molecule is CCCn1ccnc1C(C)(O)C1(C)CC1. The summed E-state index contributed by atoms with van der Waals surface area (Å²) in [6.07, 6.45) is 7.00. The molecule has 15 heavy (non-hydrogen) atoms. The maximum atomic E-state index is 10.6. The second-order valence-corrected chi connectivity index (χ2v) is 5.08. The molecule has 0 spiro atoms. The van der Waals surface area contributed by atoms with Crippen LogP contribution in [0.5, 0.6) is 0 Å². The molecule has 1 aliphatic rings. The van der Waals surface area contributed by atoms with Crippen LogP contribution in [0, 0.1) is 5.41 Å². The van der Waals surface area contributed by atoms with Gasteiger partial charge in [-0.05, 0) is 26.2 Å². The molecule has 1 N–H and O–H groups in total. The molecule has 1 atom stereocenters. The zero-order valence-corrected chi connectivity index (χ0v) is 9.82. The first-order chi connectivity index (χ1) is 7.01. The van der Waals surface area contributed by atoms with Crippen LogP contribution in [0.15, 0.2) is 12.4 Å². The summed E-state index contributed by atoms with van der Waals surface area (Å²) in [4.78, 5) is 4.33. The van der Waals surface area contributed by atoms with Crippen LogP contribution >= 0.6 is 0 Å². The molecule has 0 aromatic carbocycles. The highest BCUT2D eigenvalue weighted by atomic mass is 16.3. The zero-order valence-electron chi connectivity index (χ0n) is 9.82. The second kappa shape index (κ2) is 3.34. The van der Waals surface area contributed by atoms with E-state index in [-0.39, 0.29) is 5.41 Å². The van der Waals surface area contributed by atoms with Crippen LogP contribution in [0.2, 0.25) is 0 Å². The first kappa shape index (κ1) is 10.7. The molecule has 0 saturated heterocycles. The number of aromatic nitrogens is 2. The Labute approximate surface area is 91.1 Å². The van der Waals surface area contributed by atoms with Gasteiger partial charge in [0, 0.05) is 24.4 Å². The number of imidazole rings is 1. The third-order valence-electron chi connectivity index (χ3n) is 3.79. The van der Waals surface area contributed by atoms with Crippen molar-refractivity contribution in [2.75, 3.05) is 0 Å². The highest BCUT2D eigenvalue weighted by Gasteiger charge is 2.55. The van der Waals surface area contributed by atoms with Crippen molar-refractivity contribution >= 4 is 0 Å². The number of hydrogen-bond acceptors (Lipinski definition) is 2. The van der Waals surface area contributed by atoms with Gasteiger partial charge < -0.3 is 9.67 Å². The molecular formula is C12H20N2O. The van der Waals surface area contributed by atoms with Crippen LogP contribution in [0.3, 0.4) is 0 Å². The lowest BCUT2D eigenvalue weighted by Gasteiger charge is -2.30. The Morgan fingerprint density at radius 2 is 2.27 bits per heavy atom. The van der Waals surface area contributed by atoms with Crippen molar-refractivity contribution in [3.8, 4) is 0 Å². The van der Waals surface area contributed by atoms with E-state index in [4.69, 9.17) is 0 Å². The summed E-state index contributed by atoms with van der Waals surface area (Å²) in [6, 6.07) is 0. The van der Waals surface area contributed by atoms with Gasteiger partial charge in [-0.1, -0.05) is 13.8 Å². The number of aryl methyl sites for hydroxylation is 1. The van der Waals surface area contributed by atoms with Crippen LogP contribution < -0.4 is 0 Å². The molecule has 1 heterocycles. The van der Waals surface area contributed by atoms with E-state index in [1.54, 1.807) is 6.20 Å². The largest absolute Gasteiger partial charge is 0.382 e. The molecule has 3 nitrogen and oxygen atoms in total. The molecule has 1 fully saturated rings. The Hall–Kier alpha value is -0.830. The summed E-state index contributed by atoms with van der Waals surface area (Å²) in [5, 5.41) is 10.6. The molecule has 0 amide bonds. The van der Waals surface area contributed by atoms with Gasteiger partial charge in [0.2, 0.25) is 0 Å². The quantitative estimate of drug-likeness (QED) is 0.824. The predicted octanol–water partition coefficient (Wildman–Crippen LogP) is 2.30. The molecule has 1 aromatic rings. The maximum Gasteiger partial charge on any atom is 0.141 e. The molecule has 1 unspecified atom stereocenters. The highest BCUT2D eigenvalue weighted by molar-refractivity contribution is 5.14. The van der Waals surface area contributed by atoms with Crippen LogP contribution in [0.4, 0.5) is 0 Å². The van der Waals surface area contributed by atoms with Gasteiger partial charge >= 0.3 is 0 Å². The lowest BCUT2D eigenvalue weighted by atomic mass is 9.86. The summed E-state index contributed by atoms with van der Waals surface area (Å²) >= 11 is 0. The van der Waals surface area contributed by atoms with Gasteiger partial charge in [0.25, 0.3) is 0 Å². The number of rotatable bonds is 4. The lowest BCUT2D eigenvalue weighted by molar-refractivity contribution is -0.0239. The maximum absolute atomic E-state index is 10.6. The van der Waals surface area contributed by atoms with Gasteiger partial charge in [-0.2, -0.15) is 0 Å². The van der Waals surface area contributed by atoms with Crippen molar-refractivity contribution in [3.63, 3.8) is 0 Å². The Bertz CT molecular complexity index is 350. The fourth-order valence-corrected chi connectivity index (χ4v) is 2.10. The van der Waals surface area contributed by atoms with Gasteiger partial charge in [0.15, 0.2) is 0 Å². The van der Waals surface area contributed by atoms with E-state index >= 15 is 0 Å². The van der Waals surface area contributed by atoms with Crippen molar-refractivity contribution in [2.45, 2.75) is 52.2 Å². The predicted molar refractivity (Wildman–Crippen MR) is 59.4 cm³/mol. The minimum Gasteiger partial charge on any atom is -0.382 e. The average Bonchev–Trinajstić information content (AvgIpc) is 2.78. The minimum absolute atomic E-state index is 0.0316. The van der Waals surface area contributed by atoms with Crippen molar-refractivity contribution in [1.29, 1.82) is 0 Å². The molecule has 3 heteroatoms. The Morgan fingerprint density at radius 1 is 1.60 bits per heavy atom. The van der Waals surface area contributed by atoms with Crippen molar-refractivity contribution < 1.29 is 5.11 Å². The van der Waals surface area contributed by atoms with E-state index in [0.29, 0.717) is 0 Å². The van der Waals surface area contributed by atoms with E-state index in [0.717, 1.165) is 31.6 Å². The fraction of sp³-hybridized carbons (Fsp3) is 0.750. The van der Waals surface area contributed by atoms with Crippen molar-refractivity contribution in [2.24, 2.45) is 5.41 Å². The first-order valence-electron chi connectivity index (χ1n) is 5.75. The summed E-state index contributed by atoms with van der Waals surface area (Å²) in [5.74, 6) is 0.823. The van der Waals surface area contributed by atoms with Gasteiger partial charge in [-0.15, -0.1) is 0 Å². The number of hydrogen-bond donors (Lipinski definition) is 1. The number of nitrogens with zero attached hydrogens (tertiary/aromatic N) is 2. The molecule has 1 aromatic heterocycles. The zero-order chi connectivity index (χ0) is 11.1. The normalized spacial score (nSPS) is 22.4. The highest BCUT2D eigenvalue weighted by Crippen LogP contribution is 2.57. The molecule has 0 bridgehead atoms. The molecule has 1 aliphatic carbocycles. The molecule has 2 rings (SSSR count). The van der Waals surface area contributed by atoms with Gasteiger partial charge in [0.1, 0.15) is 11.4 Å². The monoisotopic (exact) mass is 208 g/mol. The van der Waals surface area contributed by atoms with Gasteiger partial charge in [0.05, 0.1) is 0 Å². The van der Waals surface area contributed by atoms with E-state index in [1.165, 1.54) is 0 Å². The number of aliphatic hydroxyl groups is 1. The first-order valence-corrected chi connectivity index (χ1v) is 5.75. The van der Waals surface area contributed by atoms with Crippen LogP contribution in [-0.4, -0.2) is 14.7 Å². The molecule has 1 saturated carbocycles. The average molecular weight is 208 g/mol. The Kier molecular flexibility index (Phi) is 2.38. The van der Waals surface area contributed by atoms with Gasteiger partial charge in [-0.3, -0.25) is 0 Å². The third-order valence-corrected chi connectivity index (χ3v) is 3.79. The summed E-state index contributed by atoms with van der Waals surface area (Å²) in [5.41, 5.74) is -0.754. The lowest BCUT2D eigenvalue weighted by Crippen LogP contribution is -2.34. The molecule has 84 valence electrons. The summed E-state index contributed by atoms with van der Waals surface area (Å²) in [6.45, 7) is 7.10. The van der Waals surface area contributed by atoms with E-state index in [9.17, 15) is 5.11 Å². The van der Waals surface area contributed by atoms with Gasteiger partial charge in [-0.25, -0.2) is 4.98 Å². The molecule has 0 aliphatic heterocycles. The molecular weight excluding hydrogens is 188 g/mol. The molecule has 0 radical (unpaired) electrons. The van der Waals surface area contributed by atoms with Crippen molar-refractivity contribution in [1.82, 2.24) is 9.55 Å². The Morgan fingerprint density at radius 3 is 2.80 bits per heavy atom. The van der Waals surface area contributed by atoms with Crippen LogP contribution in [-0.2, 0) is 12.1 Å². The topological polar surface area (TPSA) is 38.0 Å². The van der Waals surface area contributed by atoms with Crippen LogP contribution in [0.25, 0.3) is 0 Å². The smallest absolute Gasteiger partial charge is 0.141 e. The van der Waals surface area contributed by atoms with E-state index < -0.39 is 5.60 Å². The standard InChI is InChI=1S/C12H20N2O/c1-4-8-14-9-7-13-10(14)12(3,15)11(2)5-6-11/h7,9,15H,4-6,8H2,1-3H3. The second-order valence-electron chi connectivity index (χ2n) is 5.08. The Balaban J connectivity index is 2.31.